The van der Waals surface area contributed by atoms with Gasteiger partial charge >= 0.3 is 5.97 Å². The van der Waals surface area contributed by atoms with Gasteiger partial charge in [0.1, 0.15) is 0 Å². The average Bonchev–Trinajstić information content (AvgIpc) is 2.15. The van der Waals surface area contributed by atoms with Crippen LogP contribution in [0.25, 0.3) is 0 Å². The van der Waals surface area contributed by atoms with Gasteiger partial charge in [-0.2, -0.15) is 0 Å². The highest BCUT2D eigenvalue weighted by atomic mass is 16.5. The molecule has 0 radical (unpaired) electrons. The lowest BCUT2D eigenvalue weighted by Crippen LogP contribution is -2.40. The first-order chi connectivity index (χ1) is 7.86. The van der Waals surface area contributed by atoms with Crippen molar-refractivity contribution in [2.45, 2.75) is 59.2 Å². The summed E-state index contributed by atoms with van der Waals surface area (Å²) < 4.78 is 11.0. The number of carbonyl (C=O) groups is 1. The molecule has 0 saturated carbocycles. The lowest BCUT2D eigenvalue weighted by molar-refractivity contribution is -0.153. The molecule has 1 aliphatic heterocycles. The minimum Gasteiger partial charge on any atom is -0.466 e. The molecule has 0 spiro atoms. The van der Waals surface area contributed by atoms with Crippen LogP contribution in [0.15, 0.2) is 11.6 Å². The largest absolute Gasteiger partial charge is 0.466 e. The van der Waals surface area contributed by atoms with E-state index >= 15 is 0 Å². The zero-order valence-corrected chi connectivity index (χ0v) is 11.6. The third kappa shape index (κ3) is 4.15. The number of carbonyl (C=O) groups excluding carboxylic acids is 1. The van der Waals surface area contributed by atoms with Crippen molar-refractivity contribution in [3.63, 3.8) is 0 Å². The Labute approximate surface area is 104 Å². The molecule has 0 bridgehead atoms. The van der Waals surface area contributed by atoms with E-state index in [4.69, 9.17) is 9.47 Å². The smallest absolute Gasteiger partial charge is 0.309 e. The molecule has 1 heterocycles. The van der Waals surface area contributed by atoms with Gasteiger partial charge in [-0.05, 0) is 33.1 Å². The van der Waals surface area contributed by atoms with Gasteiger partial charge in [-0.25, -0.2) is 0 Å². The Morgan fingerprint density at radius 2 is 2.29 bits per heavy atom. The van der Waals surface area contributed by atoms with Gasteiger partial charge < -0.3 is 9.47 Å². The lowest BCUT2D eigenvalue weighted by atomic mass is 9.89. The molecule has 0 aliphatic carbocycles. The summed E-state index contributed by atoms with van der Waals surface area (Å²) in [6.07, 6.45) is 3.50. The molecule has 98 valence electrons. The topological polar surface area (TPSA) is 35.5 Å². The van der Waals surface area contributed by atoms with Crippen LogP contribution in [-0.2, 0) is 14.3 Å². The van der Waals surface area contributed by atoms with E-state index in [2.05, 4.69) is 26.8 Å². The Kier molecular flexibility index (Phi) is 4.75. The molecule has 17 heavy (non-hydrogen) atoms. The number of esters is 1. The van der Waals surface area contributed by atoms with Crippen molar-refractivity contribution in [1.82, 2.24) is 0 Å². The maximum absolute atomic E-state index is 11.6. The molecule has 0 aromatic carbocycles. The minimum absolute atomic E-state index is 0.191. The SMILES string of the molecule is CCOC(=O)C[C@]1(C)C=C(C)C[C@H](C(C)C)O1. The summed E-state index contributed by atoms with van der Waals surface area (Å²) in [6.45, 7) is 10.6. The van der Waals surface area contributed by atoms with Gasteiger partial charge in [0.25, 0.3) is 0 Å². The van der Waals surface area contributed by atoms with E-state index in [9.17, 15) is 4.79 Å². The van der Waals surface area contributed by atoms with Crippen LogP contribution in [0.5, 0.6) is 0 Å². The lowest BCUT2D eigenvalue weighted by Gasteiger charge is -2.37. The number of hydrogen-bond donors (Lipinski definition) is 0. The van der Waals surface area contributed by atoms with E-state index in [1.165, 1.54) is 5.57 Å². The summed E-state index contributed by atoms with van der Waals surface area (Å²) in [5.41, 5.74) is 0.783. The molecular weight excluding hydrogens is 216 g/mol. The summed E-state index contributed by atoms with van der Waals surface area (Å²) in [5.74, 6) is 0.267. The zero-order valence-electron chi connectivity index (χ0n) is 11.6. The number of hydrogen-bond acceptors (Lipinski definition) is 3. The molecule has 0 unspecified atom stereocenters. The van der Waals surface area contributed by atoms with Gasteiger partial charge in [0.2, 0.25) is 0 Å². The van der Waals surface area contributed by atoms with E-state index in [0.717, 1.165) is 6.42 Å². The van der Waals surface area contributed by atoms with Crippen LogP contribution in [0.4, 0.5) is 0 Å². The standard InChI is InChI=1S/C14H24O3/c1-6-16-13(15)9-14(5)8-11(4)7-12(17-14)10(2)3/h8,10,12H,6-7,9H2,1-5H3/t12-,14+/m1/s1. The normalized spacial score (nSPS) is 29.1. The van der Waals surface area contributed by atoms with Crippen molar-refractivity contribution in [3.05, 3.63) is 11.6 Å². The summed E-state index contributed by atoms with van der Waals surface area (Å²) in [5, 5.41) is 0. The molecule has 3 nitrogen and oxygen atoms in total. The van der Waals surface area contributed by atoms with Crippen LogP contribution in [-0.4, -0.2) is 24.3 Å². The molecular formula is C14H24O3. The highest BCUT2D eigenvalue weighted by Gasteiger charge is 2.34. The molecule has 1 aliphatic rings. The van der Waals surface area contributed by atoms with Crippen LogP contribution >= 0.6 is 0 Å². The maximum atomic E-state index is 11.6. The Bertz CT molecular complexity index is 307. The molecule has 0 N–H and O–H groups in total. The van der Waals surface area contributed by atoms with Crippen LogP contribution in [0.1, 0.15) is 47.5 Å². The van der Waals surface area contributed by atoms with Crippen molar-refractivity contribution in [1.29, 1.82) is 0 Å². The van der Waals surface area contributed by atoms with E-state index in [1.807, 2.05) is 13.8 Å². The first kappa shape index (κ1) is 14.2. The Balaban J connectivity index is 2.73. The number of rotatable bonds is 4. The fourth-order valence-corrected chi connectivity index (χ4v) is 2.28. The van der Waals surface area contributed by atoms with Gasteiger partial charge in [0.15, 0.2) is 0 Å². The van der Waals surface area contributed by atoms with E-state index in [0.29, 0.717) is 18.9 Å². The third-order valence-corrected chi connectivity index (χ3v) is 3.04. The van der Waals surface area contributed by atoms with Gasteiger partial charge in [-0.15, -0.1) is 0 Å². The first-order valence-electron chi connectivity index (χ1n) is 6.38. The summed E-state index contributed by atoms with van der Waals surface area (Å²) >= 11 is 0. The Morgan fingerprint density at radius 1 is 1.65 bits per heavy atom. The van der Waals surface area contributed by atoms with Crippen molar-refractivity contribution < 1.29 is 14.3 Å². The van der Waals surface area contributed by atoms with Crippen LogP contribution in [0.2, 0.25) is 0 Å². The molecule has 0 fully saturated rings. The van der Waals surface area contributed by atoms with Crippen molar-refractivity contribution in [2.75, 3.05) is 6.61 Å². The summed E-state index contributed by atoms with van der Waals surface area (Å²) in [4.78, 5) is 11.6. The van der Waals surface area contributed by atoms with Crippen molar-refractivity contribution >= 4 is 5.97 Å². The molecule has 0 aromatic heterocycles. The summed E-state index contributed by atoms with van der Waals surface area (Å²) in [6, 6.07) is 0. The highest BCUT2D eigenvalue weighted by Crippen LogP contribution is 2.32. The molecule has 3 heteroatoms. The zero-order chi connectivity index (χ0) is 13.1. The van der Waals surface area contributed by atoms with Crippen LogP contribution in [0.3, 0.4) is 0 Å². The van der Waals surface area contributed by atoms with Crippen LogP contribution < -0.4 is 0 Å². The average molecular weight is 240 g/mol. The summed E-state index contributed by atoms with van der Waals surface area (Å²) in [7, 11) is 0. The highest BCUT2D eigenvalue weighted by molar-refractivity contribution is 5.71. The fraction of sp³-hybridized carbons (Fsp3) is 0.786. The Hall–Kier alpha value is -0.830. The maximum Gasteiger partial charge on any atom is 0.309 e. The molecule has 0 amide bonds. The van der Waals surface area contributed by atoms with E-state index in [1.54, 1.807) is 0 Å². The molecule has 0 aromatic rings. The predicted octanol–water partition coefficient (Wildman–Crippen LogP) is 3.09. The van der Waals surface area contributed by atoms with Crippen molar-refractivity contribution in [2.24, 2.45) is 5.92 Å². The molecule has 2 atom stereocenters. The third-order valence-electron chi connectivity index (χ3n) is 3.04. The minimum atomic E-state index is -0.510. The first-order valence-corrected chi connectivity index (χ1v) is 6.38. The van der Waals surface area contributed by atoms with Crippen LogP contribution in [0, 0.1) is 5.92 Å². The van der Waals surface area contributed by atoms with Gasteiger partial charge in [0, 0.05) is 0 Å². The second-order valence-electron chi connectivity index (χ2n) is 5.39. The molecule has 0 saturated heterocycles. The van der Waals surface area contributed by atoms with Gasteiger partial charge in [-0.1, -0.05) is 25.5 Å². The van der Waals surface area contributed by atoms with E-state index in [-0.39, 0.29) is 12.1 Å². The fourth-order valence-electron chi connectivity index (χ4n) is 2.28. The monoisotopic (exact) mass is 240 g/mol. The predicted molar refractivity (Wildman–Crippen MR) is 67.7 cm³/mol. The Morgan fingerprint density at radius 3 is 2.82 bits per heavy atom. The van der Waals surface area contributed by atoms with Gasteiger partial charge in [0.05, 0.1) is 24.7 Å². The number of ether oxygens (including phenoxy) is 2. The quantitative estimate of drug-likeness (QED) is 0.559. The molecule has 1 rings (SSSR count). The second-order valence-corrected chi connectivity index (χ2v) is 5.39. The van der Waals surface area contributed by atoms with Gasteiger partial charge in [-0.3, -0.25) is 4.79 Å². The van der Waals surface area contributed by atoms with Crippen molar-refractivity contribution in [3.8, 4) is 0 Å². The van der Waals surface area contributed by atoms with E-state index < -0.39 is 5.60 Å². The second kappa shape index (κ2) is 5.67.